The number of carbonyl (C=O) groups is 1. The van der Waals surface area contributed by atoms with Gasteiger partial charge in [0.15, 0.2) is 5.76 Å². The van der Waals surface area contributed by atoms with Crippen molar-refractivity contribution in [3.63, 3.8) is 0 Å². The number of esters is 1. The second-order valence-corrected chi connectivity index (χ2v) is 7.38. The Morgan fingerprint density at radius 2 is 1.88 bits per heavy atom. The minimum atomic E-state index is -0.510. The molecule has 0 aliphatic heterocycles. The van der Waals surface area contributed by atoms with Crippen molar-refractivity contribution in [1.29, 1.82) is 0 Å². The lowest BCUT2D eigenvalue weighted by molar-refractivity contribution is 0.0520. The topological polar surface area (TPSA) is 55.6 Å². The van der Waals surface area contributed by atoms with Crippen molar-refractivity contribution in [2.45, 2.75) is 25.3 Å². The highest BCUT2D eigenvalue weighted by molar-refractivity contribution is 6.42. The number of halogens is 3. The highest BCUT2D eigenvalue weighted by Gasteiger charge is 2.53. The molecule has 0 radical (unpaired) electrons. The van der Waals surface area contributed by atoms with Crippen LogP contribution in [0.4, 0.5) is 0 Å². The summed E-state index contributed by atoms with van der Waals surface area (Å²) in [6, 6.07) is 3.10. The smallest absolute Gasteiger partial charge is 0.344 e. The SMILES string of the molecule is CCOC(=O)c1c(-c2c(Cl)cc(Cl)cc2Cl)noc1C1(N(C)C)CC1. The van der Waals surface area contributed by atoms with Gasteiger partial charge in [-0.3, -0.25) is 4.90 Å². The van der Waals surface area contributed by atoms with Gasteiger partial charge in [-0.1, -0.05) is 40.0 Å². The van der Waals surface area contributed by atoms with Gasteiger partial charge in [-0.05, 0) is 46.0 Å². The molecule has 0 atom stereocenters. The molecule has 1 aromatic carbocycles. The first-order valence-electron chi connectivity index (χ1n) is 7.81. The van der Waals surface area contributed by atoms with Gasteiger partial charge >= 0.3 is 5.97 Å². The summed E-state index contributed by atoms with van der Waals surface area (Å²) in [6.07, 6.45) is 1.73. The molecule has 2 aromatic rings. The standard InChI is InChI=1S/C17H17Cl3N2O3/c1-4-24-16(23)13-14(12-10(19)7-9(18)8-11(12)20)21-25-15(13)17(5-6-17)22(2)3/h7-8H,4-6H2,1-3H3. The largest absolute Gasteiger partial charge is 0.462 e. The molecule has 1 saturated carbocycles. The fraction of sp³-hybridized carbons (Fsp3) is 0.412. The molecule has 3 rings (SSSR count). The van der Waals surface area contributed by atoms with Crippen molar-refractivity contribution in [3.8, 4) is 11.3 Å². The predicted molar refractivity (Wildman–Crippen MR) is 97.5 cm³/mol. The molecule has 0 N–H and O–H groups in total. The number of rotatable bonds is 5. The summed E-state index contributed by atoms with van der Waals surface area (Å²) < 4.78 is 10.8. The number of benzene rings is 1. The molecule has 0 bridgehead atoms. The summed E-state index contributed by atoms with van der Waals surface area (Å²) in [5.74, 6) is -0.0306. The summed E-state index contributed by atoms with van der Waals surface area (Å²) >= 11 is 18.6. The van der Waals surface area contributed by atoms with Crippen molar-refractivity contribution in [1.82, 2.24) is 10.1 Å². The van der Waals surface area contributed by atoms with Gasteiger partial charge in [0.1, 0.15) is 11.3 Å². The average molecular weight is 404 g/mol. The minimum Gasteiger partial charge on any atom is -0.462 e. The normalized spacial score (nSPS) is 15.5. The summed E-state index contributed by atoms with van der Waals surface area (Å²) in [7, 11) is 3.87. The molecule has 0 saturated heterocycles. The fourth-order valence-corrected chi connectivity index (χ4v) is 3.93. The van der Waals surface area contributed by atoms with Gasteiger partial charge in [-0.15, -0.1) is 0 Å². The number of nitrogens with zero attached hydrogens (tertiary/aromatic N) is 2. The third-order valence-electron chi connectivity index (χ3n) is 4.42. The summed E-state index contributed by atoms with van der Waals surface area (Å²) in [5.41, 5.74) is 0.575. The number of carbonyl (C=O) groups excluding carboxylic acids is 1. The van der Waals surface area contributed by atoms with E-state index in [-0.39, 0.29) is 33.4 Å². The molecule has 1 aliphatic carbocycles. The number of aromatic nitrogens is 1. The van der Waals surface area contributed by atoms with E-state index in [1.165, 1.54) is 0 Å². The third kappa shape index (κ3) is 3.14. The van der Waals surface area contributed by atoms with Crippen molar-refractivity contribution >= 4 is 40.8 Å². The predicted octanol–water partition coefficient (Wildman–Crippen LogP) is 5.03. The van der Waals surface area contributed by atoms with Crippen molar-refractivity contribution in [2.75, 3.05) is 20.7 Å². The van der Waals surface area contributed by atoms with E-state index in [0.29, 0.717) is 16.3 Å². The zero-order chi connectivity index (χ0) is 18.4. The van der Waals surface area contributed by atoms with Crippen LogP contribution in [0.1, 0.15) is 35.9 Å². The minimum absolute atomic E-state index is 0.236. The van der Waals surface area contributed by atoms with Gasteiger partial charge in [0.2, 0.25) is 0 Å². The van der Waals surface area contributed by atoms with Gasteiger partial charge in [0, 0.05) is 10.6 Å². The van der Waals surface area contributed by atoms with Crippen LogP contribution in [0, 0.1) is 0 Å². The fourth-order valence-electron chi connectivity index (χ4n) is 2.94. The zero-order valence-electron chi connectivity index (χ0n) is 14.0. The van der Waals surface area contributed by atoms with E-state index in [4.69, 9.17) is 44.1 Å². The van der Waals surface area contributed by atoms with Gasteiger partial charge in [0.05, 0.1) is 22.2 Å². The van der Waals surface area contributed by atoms with Crippen molar-refractivity contribution in [3.05, 3.63) is 38.5 Å². The van der Waals surface area contributed by atoms with E-state index < -0.39 is 5.97 Å². The molecule has 1 fully saturated rings. The number of hydrogen-bond donors (Lipinski definition) is 0. The van der Waals surface area contributed by atoms with Gasteiger partial charge < -0.3 is 9.26 Å². The average Bonchev–Trinajstić information content (AvgIpc) is 3.21. The second-order valence-electron chi connectivity index (χ2n) is 6.13. The maximum Gasteiger partial charge on any atom is 0.344 e. The molecule has 0 amide bonds. The third-order valence-corrected chi connectivity index (χ3v) is 5.23. The van der Waals surface area contributed by atoms with Gasteiger partial charge in [-0.25, -0.2) is 4.79 Å². The molecule has 1 heterocycles. The molecule has 0 spiro atoms. The first-order chi connectivity index (χ1) is 11.8. The summed E-state index contributed by atoms with van der Waals surface area (Å²) in [4.78, 5) is 14.7. The van der Waals surface area contributed by atoms with Crippen LogP contribution in [0.5, 0.6) is 0 Å². The summed E-state index contributed by atoms with van der Waals surface area (Å²) in [6.45, 7) is 1.98. The maximum atomic E-state index is 12.7. The Labute approximate surface area is 160 Å². The van der Waals surface area contributed by atoms with Crippen LogP contribution in [-0.4, -0.2) is 36.7 Å². The molecule has 134 valence electrons. The summed E-state index contributed by atoms with van der Waals surface area (Å²) in [5, 5.41) is 5.09. The van der Waals surface area contributed by atoms with Crippen LogP contribution in [0.25, 0.3) is 11.3 Å². The lowest BCUT2D eigenvalue weighted by atomic mass is 10.0. The van der Waals surface area contributed by atoms with E-state index >= 15 is 0 Å². The Bertz CT molecular complexity index is 806. The molecular weight excluding hydrogens is 387 g/mol. The second kappa shape index (κ2) is 6.80. The molecule has 5 nitrogen and oxygen atoms in total. The van der Waals surface area contributed by atoms with E-state index in [1.807, 2.05) is 19.0 Å². The van der Waals surface area contributed by atoms with Crippen LogP contribution >= 0.6 is 34.8 Å². The molecule has 1 aliphatic rings. The lowest BCUT2D eigenvalue weighted by Gasteiger charge is -2.21. The highest BCUT2D eigenvalue weighted by atomic mass is 35.5. The molecule has 25 heavy (non-hydrogen) atoms. The Morgan fingerprint density at radius 1 is 1.28 bits per heavy atom. The Balaban J connectivity index is 2.22. The number of ether oxygens (including phenoxy) is 1. The Kier molecular flexibility index (Phi) is 5.04. The van der Waals surface area contributed by atoms with Crippen molar-refractivity contribution in [2.24, 2.45) is 0 Å². The Hall–Kier alpha value is -1.27. The van der Waals surface area contributed by atoms with Crippen LogP contribution in [0.3, 0.4) is 0 Å². The van der Waals surface area contributed by atoms with E-state index in [1.54, 1.807) is 19.1 Å². The highest BCUT2D eigenvalue weighted by Crippen LogP contribution is 2.53. The van der Waals surface area contributed by atoms with E-state index in [0.717, 1.165) is 12.8 Å². The van der Waals surface area contributed by atoms with Gasteiger partial charge in [0.25, 0.3) is 0 Å². The molecule has 0 unspecified atom stereocenters. The van der Waals surface area contributed by atoms with Crippen LogP contribution in [-0.2, 0) is 10.3 Å². The first kappa shape index (κ1) is 18.5. The maximum absolute atomic E-state index is 12.7. The zero-order valence-corrected chi connectivity index (χ0v) is 16.3. The lowest BCUT2D eigenvalue weighted by Crippen LogP contribution is -2.29. The molecule has 1 aromatic heterocycles. The monoisotopic (exact) mass is 402 g/mol. The van der Waals surface area contributed by atoms with Crippen molar-refractivity contribution < 1.29 is 14.1 Å². The van der Waals surface area contributed by atoms with Crippen LogP contribution < -0.4 is 0 Å². The molecular formula is C17H17Cl3N2O3. The van der Waals surface area contributed by atoms with E-state index in [2.05, 4.69) is 5.16 Å². The quantitative estimate of drug-likeness (QED) is 0.655. The van der Waals surface area contributed by atoms with Gasteiger partial charge in [-0.2, -0.15) is 0 Å². The van der Waals surface area contributed by atoms with Crippen LogP contribution in [0.15, 0.2) is 16.7 Å². The number of hydrogen-bond acceptors (Lipinski definition) is 5. The van der Waals surface area contributed by atoms with Crippen LogP contribution in [0.2, 0.25) is 15.1 Å². The van der Waals surface area contributed by atoms with E-state index in [9.17, 15) is 4.79 Å². The molecule has 8 heteroatoms. The first-order valence-corrected chi connectivity index (χ1v) is 8.95. The Morgan fingerprint density at radius 3 is 2.36 bits per heavy atom.